The van der Waals surface area contributed by atoms with Crippen molar-refractivity contribution in [3.05, 3.63) is 262 Å². The zero-order chi connectivity index (χ0) is 69.3. The molecule has 28 heteroatoms. The molecule has 16 N–H and O–H groups in total. The van der Waals surface area contributed by atoms with Crippen molar-refractivity contribution in [2.45, 2.75) is 7.43 Å². The van der Waals surface area contributed by atoms with E-state index in [0.29, 0.717) is 0 Å². The summed E-state index contributed by atoms with van der Waals surface area (Å²) in [5.41, 5.74) is 37.8. The smallest absolute Gasteiger partial charge is 0.263 e. The minimum atomic E-state index is -0.638. The van der Waals surface area contributed by atoms with Crippen LogP contribution in [0.3, 0.4) is 0 Å². The number of rotatable bonds is 0. The molecule has 480 valence electrons. The number of aromatic nitrogens is 4. The van der Waals surface area contributed by atoms with Crippen molar-refractivity contribution < 1.29 is 0 Å². The number of benzene rings is 12. The average molecular weight is 1300 g/mol. The number of anilines is 8. The van der Waals surface area contributed by atoms with Crippen LogP contribution in [0.4, 0.5) is 45.5 Å². The summed E-state index contributed by atoms with van der Waals surface area (Å²) in [6, 6.07) is 25.1. The quantitative estimate of drug-likeness (QED) is 0.0582. The molecule has 0 aliphatic heterocycles. The first-order valence-electron chi connectivity index (χ1n) is 28.5. The normalized spacial score (nSPS) is 11.6. The number of hydrogen-bond donors (Lipinski definition) is 8. The lowest BCUT2D eigenvalue weighted by molar-refractivity contribution is 0.857. The van der Waals surface area contributed by atoms with Gasteiger partial charge in [0.2, 0.25) is 0 Å². The Morgan fingerprint density at radius 3 is 0.371 bits per heavy atom. The Hall–Kier alpha value is -13.9. The Kier molecular flexibility index (Phi) is 14.1. The topological polar surface area (TPSA) is 501 Å². The predicted octanol–water partition coefficient (Wildman–Crippen LogP) is 0.498. The molecule has 0 aliphatic carbocycles. The summed E-state index contributed by atoms with van der Waals surface area (Å²) >= 11 is 0. The lowest BCUT2D eigenvalue weighted by Crippen LogP contribution is -2.21. The van der Waals surface area contributed by atoms with E-state index in [0.717, 1.165) is 18.3 Å². The van der Waals surface area contributed by atoms with E-state index < -0.39 is 87.9 Å². The molecule has 0 aliphatic rings. The summed E-state index contributed by atoms with van der Waals surface area (Å²) < 4.78 is 3.46. The maximum atomic E-state index is 12.8. The standard InChI is InChI=1S/4C17H11N3O4.CH4/c4*1-20-16(23)10-11(17(20)24)13(19)9-8(12(10)18)14(21)6-4-2-3-5-7(6)15(9)22;/h4*2-5H,18-19H2,1H3;1H4. The molecule has 0 radical (unpaired) electrons. The Morgan fingerprint density at radius 2 is 0.278 bits per heavy atom. The fourth-order valence-electron chi connectivity index (χ4n) is 13.1. The number of fused-ring (bicyclic) bond motifs is 12. The second-order valence-electron chi connectivity index (χ2n) is 22.8. The Morgan fingerprint density at radius 1 is 0.186 bits per heavy atom. The van der Waals surface area contributed by atoms with Crippen molar-refractivity contribution in [1.29, 1.82) is 0 Å². The van der Waals surface area contributed by atoms with Crippen LogP contribution in [0.2, 0.25) is 0 Å². The molecule has 0 unspecified atom stereocenters. The van der Waals surface area contributed by atoms with Crippen molar-refractivity contribution in [3.8, 4) is 0 Å². The van der Waals surface area contributed by atoms with Gasteiger partial charge in [0.1, 0.15) is 0 Å². The molecule has 0 spiro atoms. The number of hydrogen-bond acceptors (Lipinski definition) is 24. The highest BCUT2D eigenvalue weighted by atomic mass is 16.2. The second kappa shape index (κ2) is 21.6. The molecule has 28 nitrogen and oxygen atoms in total. The van der Waals surface area contributed by atoms with Crippen molar-refractivity contribution in [2.75, 3.05) is 45.9 Å². The van der Waals surface area contributed by atoms with Crippen LogP contribution in [-0.2, 0) is 28.2 Å². The molecular weight excluding hydrogens is 1250 g/mol. The second-order valence-corrected chi connectivity index (χ2v) is 22.8. The summed E-state index contributed by atoms with van der Waals surface area (Å²) in [6.45, 7) is 0. The molecule has 16 rings (SSSR count). The van der Waals surface area contributed by atoms with Gasteiger partial charge in [0.25, 0.3) is 44.5 Å². The third-order valence-electron chi connectivity index (χ3n) is 17.9. The van der Waals surface area contributed by atoms with Crippen LogP contribution in [0, 0.1) is 0 Å². The lowest BCUT2D eigenvalue weighted by Gasteiger charge is -2.07. The van der Waals surface area contributed by atoms with E-state index in [2.05, 4.69) is 0 Å². The monoisotopic (exact) mass is 1300 g/mol. The van der Waals surface area contributed by atoms with Crippen molar-refractivity contribution in [2.24, 2.45) is 28.2 Å². The minimum Gasteiger partial charge on any atom is -0.397 e. The van der Waals surface area contributed by atoms with Crippen LogP contribution in [-0.4, -0.2) is 18.3 Å². The van der Waals surface area contributed by atoms with Gasteiger partial charge in [-0.05, 0) is 0 Å². The fourth-order valence-corrected chi connectivity index (χ4v) is 13.1. The van der Waals surface area contributed by atoms with Gasteiger partial charge in [0.05, 0.1) is 132 Å². The first kappa shape index (κ1) is 63.2. The van der Waals surface area contributed by atoms with E-state index in [1.807, 2.05) is 0 Å². The highest BCUT2D eigenvalue weighted by molar-refractivity contribution is 6.24. The van der Waals surface area contributed by atoms with Crippen molar-refractivity contribution in [1.82, 2.24) is 18.3 Å². The van der Waals surface area contributed by atoms with Gasteiger partial charge in [-0.25, -0.2) is 0 Å². The van der Waals surface area contributed by atoms with E-state index in [1.54, 1.807) is 48.5 Å². The first-order valence-corrected chi connectivity index (χ1v) is 28.5. The van der Waals surface area contributed by atoms with Crippen LogP contribution in [0.1, 0.15) is 7.43 Å². The van der Waals surface area contributed by atoms with Gasteiger partial charge in [0.15, 0.2) is 43.4 Å². The summed E-state index contributed by atoms with van der Waals surface area (Å²) in [6.07, 6.45) is 0. The molecule has 16 aromatic rings. The summed E-state index contributed by atoms with van der Waals surface area (Å²) in [5, 5.41) is -0.134. The van der Waals surface area contributed by atoms with Crippen LogP contribution in [0.15, 0.2) is 174 Å². The van der Waals surface area contributed by atoms with Crippen LogP contribution < -0.4 is 134 Å². The van der Waals surface area contributed by atoms with E-state index >= 15 is 0 Å². The van der Waals surface area contributed by atoms with Crippen LogP contribution in [0.5, 0.6) is 0 Å². The van der Waals surface area contributed by atoms with Crippen LogP contribution >= 0.6 is 0 Å². The van der Waals surface area contributed by atoms with Gasteiger partial charge in [-0.2, -0.15) is 0 Å². The molecule has 12 aromatic carbocycles. The molecule has 4 aromatic heterocycles. The van der Waals surface area contributed by atoms with Gasteiger partial charge in [-0.3, -0.25) is 95.0 Å². The molecule has 0 saturated carbocycles. The number of nitrogens with two attached hydrogens (primary N) is 8. The maximum absolute atomic E-state index is 12.8. The average Bonchev–Trinajstić information content (AvgIpc) is 1.69. The zero-order valence-electron chi connectivity index (χ0n) is 50.2. The van der Waals surface area contributed by atoms with Gasteiger partial charge < -0.3 is 45.9 Å². The lowest BCUT2D eigenvalue weighted by atomic mass is 9.97. The molecule has 0 amide bonds. The van der Waals surface area contributed by atoms with Crippen molar-refractivity contribution >= 4 is 175 Å². The van der Waals surface area contributed by atoms with Gasteiger partial charge in [0, 0.05) is 71.3 Å². The predicted molar refractivity (Wildman–Crippen MR) is 384 cm³/mol. The summed E-state index contributed by atoms with van der Waals surface area (Å²) in [7, 11) is 5.17. The minimum absolute atomic E-state index is 0. The summed E-state index contributed by atoms with van der Waals surface area (Å²) in [4.78, 5) is 201. The molecular formula is C69H48N12O16. The molecule has 0 bridgehead atoms. The first-order chi connectivity index (χ1) is 45.4. The van der Waals surface area contributed by atoms with E-state index in [4.69, 9.17) is 45.9 Å². The van der Waals surface area contributed by atoms with Gasteiger partial charge in [-0.1, -0.05) is 104 Å². The van der Waals surface area contributed by atoms with Crippen LogP contribution in [0.25, 0.3) is 129 Å². The Labute approximate surface area is 534 Å². The third kappa shape index (κ3) is 8.15. The van der Waals surface area contributed by atoms with Gasteiger partial charge >= 0.3 is 0 Å². The summed E-state index contributed by atoms with van der Waals surface area (Å²) in [5.74, 6) is 0. The maximum Gasteiger partial charge on any atom is 0.263 e. The van der Waals surface area contributed by atoms with Crippen molar-refractivity contribution in [3.63, 3.8) is 0 Å². The highest BCUT2D eigenvalue weighted by Crippen LogP contribution is 2.35. The molecule has 0 fully saturated rings. The van der Waals surface area contributed by atoms with E-state index in [-0.39, 0.29) is 182 Å². The fraction of sp³-hybridized carbons (Fsp3) is 0.0725. The largest absolute Gasteiger partial charge is 0.397 e. The number of nitrogen functional groups attached to an aromatic ring is 8. The Bertz CT molecular complexity index is 6080. The SMILES string of the molecule is C.Cn1c(=O)c2c(N)c3c(=O)c4ccccc4c(=O)c3c(N)c2c1=O.Cn1c(=O)c2c(N)c3c(=O)c4ccccc4c(=O)c3c(N)c2c1=O.Cn1c(=O)c2c(N)c3c(=O)c4ccccc4c(=O)c3c(N)c2c1=O.Cn1c(=O)c2c(N)c3c(=O)c4ccccc4c(=O)c3c(N)c2c1=O. The van der Waals surface area contributed by atoms with E-state index in [1.165, 1.54) is 76.7 Å². The Balaban J connectivity index is 0.000000123. The zero-order valence-corrected chi connectivity index (χ0v) is 50.2. The van der Waals surface area contributed by atoms with E-state index in [9.17, 15) is 76.7 Å². The molecule has 97 heavy (non-hydrogen) atoms. The number of nitrogens with zero attached hydrogens (tertiary/aromatic N) is 4. The highest BCUT2D eigenvalue weighted by Gasteiger charge is 2.29. The van der Waals surface area contributed by atoms with Gasteiger partial charge in [-0.15, -0.1) is 0 Å². The molecule has 0 saturated heterocycles. The third-order valence-corrected chi connectivity index (χ3v) is 17.9. The molecule has 4 heterocycles. The molecule has 0 atom stereocenters.